The summed E-state index contributed by atoms with van der Waals surface area (Å²) in [6.45, 7) is 0.365. The quantitative estimate of drug-likeness (QED) is 0.508. The second-order valence-electron chi connectivity index (χ2n) is 5.17. The molecule has 0 aliphatic heterocycles. The van der Waals surface area contributed by atoms with Crippen LogP contribution in [0.25, 0.3) is 0 Å². The Hall–Kier alpha value is -2.64. The number of benzene rings is 1. The van der Waals surface area contributed by atoms with Gasteiger partial charge in [-0.25, -0.2) is 4.79 Å². The first-order valence-electron chi connectivity index (χ1n) is 7.25. The van der Waals surface area contributed by atoms with E-state index in [0.717, 1.165) is 5.56 Å². The van der Waals surface area contributed by atoms with E-state index in [4.69, 9.17) is 16.3 Å². The van der Waals surface area contributed by atoms with Gasteiger partial charge < -0.3 is 15.4 Å². The molecule has 0 saturated heterocycles. The molecule has 8 heteroatoms. The van der Waals surface area contributed by atoms with Crippen LogP contribution in [0.1, 0.15) is 15.2 Å². The van der Waals surface area contributed by atoms with Gasteiger partial charge in [0.15, 0.2) is 0 Å². The average Bonchev–Trinajstić information content (AvgIpc) is 3.09. The molecular formula is C17H13ClN2O4S. The molecule has 0 radical (unpaired) electrons. The second kappa shape index (κ2) is 7.08. The van der Waals surface area contributed by atoms with Crippen LogP contribution in [0.2, 0.25) is 5.02 Å². The normalized spacial score (nSPS) is 10.6. The highest BCUT2D eigenvalue weighted by atomic mass is 35.5. The van der Waals surface area contributed by atoms with E-state index in [1.54, 1.807) is 23.6 Å². The van der Waals surface area contributed by atoms with Crippen molar-refractivity contribution in [3.63, 3.8) is 0 Å². The number of carbonyl (C=O) groups is 1. The van der Waals surface area contributed by atoms with Crippen molar-refractivity contribution in [2.75, 3.05) is 17.7 Å². The zero-order valence-corrected chi connectivity index (χ0v) is 14.7. The minimum absolute atomic E-state index is 0.141. The van der Waals surface area contributed by atoms with Gasteiger partial charge in [0.25, 0.3) is 10.9 Å². The van der Waals surface area contributed by atoms with Gasteiger partial charge in [-0.05, 0) is 29.1 Å². The van der Waals surface area contributed by atoms with Crippen LogP contribution in [0.4, 0.5) is 17.1 Å². The molecule has 2 aromatic carbocycles. The number of ether oxygens (including phenoxy) is 1. The summed E-state index contributed by atoms with van der Waals surface area (Å²) in [5.41, 5.74) is 0.462. The molecule has 0 aliphatic rings. The maximum Gasteiger partial charge on any atom is 0.350 e. The van der Waals surface area contributed by atoms with Crippen LogP contribution < -0.4 is 21.5 Å². The standard InChI is InChI=1S/C17H13ClN2O4S/c1-24-17(23)16-11(6-7-25-16)20-13-12(14(21)15(13)22)19-8-9-2-4-10(18)5-3-9/h2-7,19-20H,8H2,1H3. The van der Waals surface area contributed by atoms with Crippen LogP contribution in [0.3, 0.4) is 0 Å². The summed E-state index contributed by atoms with van der Waals surface area (Å²) in [5, 5.41) is 8.12. The Balaban J connectivity index is 1.78. The minimum atomic E-state index is -0.624. The summed E-state index contributed by atoms with van der Waals surface area (Å²) in [6.07, 6.45) is 0. The molecule has 2 N–H and O–H groups in total. The van der Waals surface area contributed by atoms with Crippen molar-refractivity contribution in [2.45, 2.75) is 6.54 Å². The first kappa shape index (κ1) is 17.2. The van der Waals surface area contributed by atoms with Crippen LogP contribution in [-0.4, -0.2) is 13.1 Å². The van der Waals surface area contributed by atoms with Gasteiger partial charge in [-0.3, -0.25) is 9.59 Å². The number of thiophene rings is 1. The van der Waals surface area contributed by atoms with E-state index in [-0.39, 0.29) is 11.4 Å². The lowest BCUT2D eigenvalue weighted by atomic mass is 10.1. The molecular weight excluding hydrogens is 364 g/mol. The number of halogens is 1. The Morgan fingerprint density at radius 1 is 1.12 bits per heavy atom. The Kier molecular flexibility index (Phi) is 4.87. The van der Waals surface area contributed by atoms with Gasteiger partial charge in [-0.1, -0.05) is 23.7 Å². The van der Waals surface area contributed by atoms with Crippen molar-refractivity contribution >= 4 is 46.0 Å². The average molecular weight is 377 g/mol. The van der Waals surface area contributed by atoms with E-state index in [2.05, 4.69) is 10.6 Å². The molecule has 0 amide bonds. The Labute approximate surface area is 151 Å². The largest absolute Gasteiger partial charge is 0.465 e. The molecule has 0 saturated carbocycles. The first-order valence-corrected chi connectivity index (χ1v) is 8.51. The van der Waals surface area contributed by atoms with E-state index in [9.17, 15) is 14.4 Å². The second-order valence-corrected chi connectivity index (χ2v) is 6.52. The summed E-state index contributed by atoms with van der Waals surface area (Å²) in [4.78, 5) is 35.7. The maximum atomic E-state index is 11.9. The monoisotopic (exact) mass is 376 g/mol. The third kappa shape index (κ3) is 3.42. The fraction of sp³-hybridized carbons (Fsp3) is 0.118. The topological polar surface area (TPSA) is 84.5 Å². The number of carbonyl (C=O) groups excluding carboxylic acids is 1. The summed E-state index contributed by atoms with van der Waals surface area (Å²) in [7, 11) is 1.28. The lowest BCUT2D eigenvalue weighted by Gasteiger charge is -2.15. The van der Waals surface area contributed by atoms with Crippen LogP contribution in [-0.2, 0) is 11.3 Å². The molecule has 0 spiro atoms. The Morgan fingerprint density at radius 3 is 2.48 bits per heavy atom. The molecule has 1 heterocycles. The molecule has 3 rings (SSSR count). The summed E-state index contributed by atoms with van der Waals surface area (Å²) in [5.74, 6) is -0.508. The number of nitrogens with one attached hydrogen (secondary N) is 2. The predicted octanol–water partition coefficient (Wildman–Crippen LogP) is 3.14. The van der Waals surface area contributed by atoms with Gasteiger partial charge in [0.1, 0.15) is 16.3 Å². The first-order chi connectivity index (χ1) is 12.0. The molecule has 25 heavy (non-hydrogen) atoms. The molecule has 128 valence electrons. The number of rotatable bonds is 6. The van der Waals surface area contributed by atoms with E-state index in [0.29, 0.717) is 22.1 Å². The number of esters is 1. The van der Waals surface area contributed by atoms with Gasteiger partial charge in [-0.15, -0.1) is 11.3 Å². The van der Waals surface area contributed by atoms with Crippen LogP contribution in [0, 0.1) is 0 Å². The van der Waals surface area contributed by atoms with Gasteiger partial charge in [0.2, 0.25) is 0 Å². The molecule has 6 nitrogen and oxygen atoms in total. The number of methoxy groups -OCH3 is 1. The van der Waals surface area contributed by atoms with E-state index in [1.807, 2.05) is 12.1 Å². The summed E-state index contributed by atoms with van der Waals surface area (Å²) in [6, 6.07) is 8.78. The smallest absolute Gasteiger partial charge is 0.350 e. The Morgan fingerprint density at radius 2 is 1.80 bits per heavy atom. The molecule has 0 unspecified atom stereocenters. The molecule has 0 fully saturated rings. The number of hydrogen-bond acceptors (Lipinski definition) is 7. The maximum absolute atomic E-state index is 11.9. The highest BCUT2D eigenvalue weighted by Crippen LogP contribution is 2.28. The molecule has 0 atom stereocenters. The van der Waals surface area contributed by atoms with E-state index in [1.165, 1.54) is 18.4 Å². The third-order valence-electron chi connectivity index (χ3n) is 3.59. The van der Waals surface area contributed by atoms with Crippen LogP contribution >= 0.6 is 22.9 Å². The van der Waals surface area contributed by atoms with Crippen molar-refractivity contribution in [3.8, 4) is 0 Å². The SMILES string of the molecule is COC(=O)c1sccc1Nc1c(NCc2ccc(Cl)cc2)c(=O)c1=O. The van der Waals surface area contributed by atoms with Gasteiger partial charge in [0, 0.05) is 11.6 Å². The fourth-order valence-electron chi connectivity index (χ4n) is 2.27. The predicted molar refractivity (Wildman–Crippen MR) is 99.1 cm³/mol. The van der Waals surface area contributed by atoms with Crippen molar-refractivity contribution in [3.05, 3.63) is 71.6 Å². The molecule has 1 aromatic heterocycles. The van der Waals surface area contributed by atoms with Crippen molar-refractivity contribution in [2.24, 2.45) is 0 Å². The zero-order chi connectivity index (χ0) is 18.0. The Bertz CT molecular complexity index is 987. The van der Waals surface area contributed by atoms with Crippen molar-refractivity contribution in [1.29, 1.82) is 0 Å². The van der Waals surface area contributed by atoms with Gasteiger partial charge in [0.05, 0.1) is 12.8 Å². The van der Waals surface area contributed by atoms with Gasteiger partial charge >= 0.3 is 5.97 Å². The van der Waals surface area contributed by atoms with E-state index < -0.39 is 16.8 Å². The van der Waals surface area contributed by atoms with E-state index >= 15 is 0 Å². The lowest BCUT2D eigenvalue weighted by molar-refractivity contribution is 0.0607. The van der Waals surface area contributed by atoms with Crippen molar-refractivity contribution < 1.29 is 9.53 Å². The van der Waals surface area contributed by atoms with Gasteiger partial charge in [-0.2, -0.15) is 0 Å². The third-order valence-corrected chi connectivity index (χ3v) is 4.74. The number of anilines is 3. The zero-order valence-electron chi connectivity index (χ0n) is 13.1. The minimum Gasteiger partial charge on any atom is -0.465 e. The summed E-state index contributed by atoms with van der Waals surface area (Å²) < 4.78 is 4.70. The summed E-state index contributed by atoms with van der Waals surface area (Å²) >= 11 is 7.02. The molecule has 0 bridgehead atoms. The van der Waals surface area contributed by atoms with Crippen LogP contribution in [0.5, 0.6) is 0 Å². The molecule has 3 aromatic rings. The fourth-order valence-corrected chi connectivity index (χ4v) is 3.16. The highest BCUT2D eigenvalue weighted by Gasteiger charge is 2.23. The van der Waals surface area contributed by atoms with Crippen LogP contribution in [0.15, 0.2) is 45.3 Å². The van der Waals surface area contributed by atoms with Crippen molar-refractivity contribution in [1.82, 2.24) is 0 Å². The lowest BCUT2D eigenvalue weighted by Crippen LogP contribution is -2.36. The molecule has 0 aliphatic carbocycles. The highest BCUT2D eigenvalue weighted by molar-refractivity contribution is 7.12. The number of hydrogen-bond donors (Lipinski definition) is 2.